The third kappa shape index (κ3) is 9.47. The molecule has 0 aliphatic carbocycles. The van der Waals surface area contributed by atoms with Gasteiger partial charge in [0.15, 0.2) is 5.65 Å². The van der Waals surface area contributed by atoms with Crippen molar-refractivity contribution in [3.8, 4) is 5.88 Å². The van der Waals surface area contributed by atoms with Crippen molar-refractivity contribution in [3.63, 3.8) is 0 Å². The Morgan fingerprint density at radius 2 is 2.00 bits per heavy atom. The molecule has 218 valence electrons. The number of carbonyl (C=O) groups excluding carboxylic acids is 2. The van der Waals surface area contributed by atoms with E-state index < -0.39 is 13.7 Å². The van der Waals surface area contributed by atoms with Gasteiger partial charge in [0.1, 0.15) is 24.0 Å². The lowest BCUT2D eigenvalue weighted by molar-refractivity contribution is 0.00721. The predicted octanol–water partition coefficient (Wildman–Crippen LogP) is 4.29. The van der Waals surface area contributed by atoms with Gasteiger partial charge in [-0.2, -0.15) is 0 Å². The van der Waals surface area contributed by atoms with E-state index in [1.807, 2.05) is 27.7 Å². The van der Waals surface area contributed by atoms with Crippen molar-refractivity contribution in [3.05, 3.63) is 18.0 Å². The van der Waals surface area contributed by atoms with Crippen LogP contribution >= 0.6 is 0 Å². The zero-order valence-corrected chi connectivity index (χ0v) is 25.7. The summed E-state index contributed by atoms with van der Waals surface area (Å²) in [6, 6.07) is 0.863. The van der Waals surface area contributed by atoms with E-state index >= 15 is 0 Å². The van der Waals surface area contributed by atoms with Crippen LogP contribution in [0.4, 0.5) is 4.79 Å². The maximum absolute atomic E-state index is 13.2. The van der Waals surface area contributed by atoms with Gasteiger partial charge in [0.05, 0.1) is 24.9 Å². The molecule has 39 heavy (non-hydrogen) atoms. The van der Waals surface area contributed by atoms with Crippen LogP contribution in [0.5, 0.6) is 5.88 Å². The molecular formula is C27H45N5O6Si. The summed E-state index contributed by atoms with van der Waals surface area (Å²) in [5.74, 6) is 0.0283. The molecule has 0 saturated carbocycles. The first-order valence-electron chi connectivity index (χ1n) is 13.6. The molecule has 0 bridgehead atoms. The lowest BCUT2D eigenvalue weighted by Crippen LogP contribution is -2.46. The molecule has 11 nitrogen and oxygen atoms in total. The second-order valence-corrected chi connectivity index (χ2v) is 18.0. The highest BCUT2D eigenvalue weighted by Crippen LogP contribution is 2.24. The number of likely N-dealkylation sites (tertiary alicyclic amines) is 1. The summed E-state index contributed by atoms with van der Waals surface area (Å²) in [5.41, 5.74) is 0.797. The van der Waals surface area contributed by atoms with Gasteiger partial charge in [0, 0.05) is 40.6 Å². The van der Waals surface area contributed by atoms with E-state index in [0.717, 1.165) is 18.9 Å². The average molecular weight is 564 g/mol. The SMILES string of the molecule is COC[C@H](C)NC(=O)c1cn(COCC[Si](C)(C)C)c2ncc(O[C@@H]3CCCN(C(=O)OC(C)(C)C)C3)nc12. The van der Waals surface area contributed by atoms with Gasteiger partial charge in [-0.3, -0.25) is 4.79 Å². The monoisotopic (exact) mass is 563 g/mol. The molecule has 3 heterocycles. The number of hydrogen-bond donors (Lipinski definition) is 1. The van der Waals surface area contributed by atoms with Crippen LogP contribution in [-0.4, -0.2) is 90.7 Å². The Morgan fingerprint density at radius 1 is 1.26 bits per heavy atom. The Labute approximate surface area is 232 Å². The number of ether oxygens (including phenoxy) is 4. The highest BCUT2D eigenvalue weighted by Gasteiger charge is 2.29. The van der Waals surface area contributed by atoms with Gasteiger partial charge in [-0.05, 0) is 46.6 Å². The summed E-state index contributed by atoms with van der Waals surface area (Å²) < 4.78 is 24.6. The number of methoxy groups -OCH3 is 1. The number of amides is 2. The van der Waals surface area contributed by atoms with Crippen LogP contribution in [0.25, 0.3) is 11.2 Å². The van der Waals surface area contributed by atoms with Gasteiger partial charge in [-0.25, -0.2) is 14.8 Å². The molecule has 2 amide bonds. The molecule has 2 atom stereocenters. The fourth-order valence-electron chi connectivity index (χ4n) is 4.19. The van der Waals surface area contributed by atoms with Crippen molar-refractivity contribution in [2.45, 2.75) is 90.7 Å². The number of carbonyl (C=O) groups is 2. The Kier molecular flexibility index (Phi) is 10.4. The standard InChI is InChI=1S/C27H45N5O6Si/c1-19(17-35-5)29-25(33)21-16-32(18-36-12-13-39(6,7)8)24-23(21)30-22(14-28-24)37-20-10-9-11-31(15-20)26(34)38-27(2,3)4/h14,16,19-20H,9-13,15,17-18H2,1-8H3,(H,29,33)/t19-,20+/m0/s1. The van der Waals surface area contributed by atoms with E-state index in [1.54, 1.807) is 29.0 Å². The maximum Gasteiger partial charge on any atom is 0.410 e. The van der Waals surface area contributed by atoms with Gasteiger partial charge in [0.2, 0.25) is 5.88 Å². The fraction of sp³-hybridized carbons (Fsp3) is 0.704. The quantitative estimate of drug-likeness (QED) is 0.318. The summed E-state index contributed by atoms with van der Waals surface area (Å²) in [7, 11) is 0.365. The molecule has 1 N–H and O–H groups in total. The first-order valence-corrected chi connectivity index (χ1v) is 17.3. The second-order valence-electron chi connectivity index (χ2n) is 12.4. The van der Waals surface area contributed by atoms with Crippen LogP contribution in [0, 0.1) is 0 Å². The Morgan fingerprint density at radius 3 is 2.67 bits per heavy atom. The molecule has 1 fully saturated rings. The number of aromatic nitrogens is 3. The van der Waals surface area contributed by atoms with Gasteiger partial charge < -0.3 is 33.7 Å². The normalized spacial score (nSPS) is 17.2. The first-order chi connectivity index (χ1) is 18.3. The number of hydrogen-bond acceptors (Lipinski definition) is 8. The third-order valence-corrected chi connectivity index (χ3v) is 7.83. The largest absolute Gasteiger partial charge is 0.471 e. The van der Waals surface area contributed by atoms with Crippen molar-refractivity contribution >= 4 is 31.2 Å². The van der Waals surface area contributed by atoms with Gasteiger partial charge in [-0.1, -0.05) is 19.6 Å². The summed E-state index contributed by atoms with van der Waals surface area (Å²) in [4.78, 5) is 36.7. The van der Waals surface area contributed by atoms with Gasteiger partial charge >= 0.3 is 6.09 Å². The summed E-state index contributed by atoms with van der Waals surface area (Å²) in [5, 5.41) is 2.95. The molecule has 0 radical (unpaired) electrons. The van der Waals surface area contributed by atoms with Crippen molar-refractivity contribution < 1.29 is 28.5 Å². The number of nitrogens with zero attached hydrogens (tertiary/aromatic N) is 4. The lowest BCUT2D eigenvalue weighted by Gasteiger charge is -2.33. The summed E-state index contributed by atoms with van der Waals surface area (Å²) in [6.45, 7) is 16.6. The van der Waals surface area contributed by atoms with E-state index in [0.29, 0.717) is 48.9 Å². The summed E-state index contributed by atoms with van der Waals surface area (Å²) in [6.07, 6.45) is 4.23. The average Bonchev–Trinajstić information content (AvgIpc) is 3.18. The highest BCUT2D eigenvalue weighted by atomic mass is 28.3. The van der Waals surface area contributed by atoms with E-state index in [-0.39, 0.29) is 30.9 Å². The molecule has 2 aromatic rings. The Balaban J connectivity index is 1.79. The molecule has 3 rings (SSSR count). The van der Waals surface area contributed by atoms with Crippen molar-refractivity contribution in [2.75, 3.05) is 33.4 Å². The van der Waals surface area contributed by atoms with Crippen LogP contribution in [0.1, 0.15) is 50.9 Å². The molecule has 2 aromatic heterocycles. The van der Waals surface area contributed by atoms with Crippen LogP contribution in [0.15, 0.2) is 12.4 Å². The minimum Gasteiger partial charge on any atom is -0.471 e. The zero-order chi connectivity index (χ0) is 28.8. The Hall–Kier alpha value is -2.70. The molecule has 0 unspecified atom stereocenters. The zero-order valence-electron chi connectivity index (χ0n) is 24.7. The van der Waals surface area contributed by atoms with Crippen LogP contribution in [-0.2, 0) is 20.9 Å². The molecule has 12 heteroatoms. The highest BCUT2D eigenvalue weighted by molar-refractivity contribution is 6.76. The minimum absolute atomic E-state index is 0.178. The van der Waals surface area contributed by atoms with E-state index in [1.165, 1.54) is 0 Å². The van der Waals surface area contributed by atoms with Crippen LogP contribution in [0.2, 0.25) is 25.7 Å². The maximum atomic E-state index is 13.2. The smallest absolute Gasteiger partial charge is 0.410 e. The predicted molar refractivity (Wildman–Crippen MR) is 152 cm³/mol. The van der Waals surface area contributed by atoms with Crippen molar-refractivity contribution in [1.82, 2.24) is 24.8 Å². The van der Waals surface area contributed by atoms with Gasteiger partial charge in [-0.15, -0.1) is 0 Å². The van der Waals surface area contributed by atoms with Crippen LogP contribution in [0.3, 0.4) is 0 Å². The lowest BCUT2D eigenvalue weighted by atomic mass is 10.1. The molecule has 0 aromatic carbocycles. The number of piperidine rings is 1. The van der Waals surface area contributed by atoms with Crippen molar-refractivity contribution in [2.24, 2.45) is 0 Å². The van der Waals surface area contributed by atoms with E-state index in [9.17, 15) is 9.59 Å². The first kappa shape index (κ1) is 30.8. The molecule has 0 spiro atoms. The van der Waals surface area contributed by atoms with Gasteiger partial charge in [0.25, 0.3) is 5.91 Å². The number of rotatable bonds is 11. The van der Waals surface area contributed by atoms with Crippen molar-refractivity contribution in [1.29, 1.82) is 0 Å². The second kappa shape index (κ2) is 13.1. The molecule has 1 aliphatic rings. The minimum atomic E-state index is -1.23. The fourth-order valence-corrected chi connectivity index (χ4v) is 4.95. The van der Waals surface area contributed by atoms with Crippen LogP contribution < -0.4 is 10.1 Å². The molecular weight excluding hydrogens is 518 g/mol. The van der Waals surface area contributed by atoms with E-state index in [4.69, 9.17) is 18.9 Å². The molecule has 1 saturated heterocycles. The molecule has 1 aliphatic heterocycles. The van der Waals surface area contributed by atoms with E-state index in [2.05, 4.69) is 34.9 Å². The third-order valence-electron chi connectivity index (χ3n) is 6.13. The Bertz CT molecular complexity index is 1130. The topological polar surface area (TPSA) is 117 Å². The summed E-state index contributed by atoms with van der Waals surface area (Å²) >= 11 is 0. The number of nitrogens with one attached hydrogen (secondary N) is 1. The number of fused-ring (bicyclic) bond motifs is 1.